The van der Waals surface area contributed by atoms with Gasteiger partial charge in [-0.1, -0.05) is 54.3 Å². The van der Waals surface area contributed by atoms with Gasteiger partial charge in [0.25, 0.3) is 5.91 Å². The number of carbonyl (C=O) groups excluding carboxylic acids is 1. The van der Waals surface area contributed by atoms with Gasteiger partial charge in [-0.2, -0.15) is 18.3 Å². The standard InChI is InChI=1S/C20H22ClF3N4O/c1-11-6-8-12(9-7-11)14-10-15(20(22,23)24)28-18(26-14)16(21)17(27-28)19(29)25-13-4-2-3-5-13/h6-9,13-15,26H,2-5,10H2,1H3,(H,25,29)/t14-,15+/m1/s1. The van der Waals surface area contributed by atoms with Crippen molar-refractivity contribution in [2.24, 2.45) is 0 Å². The van der Waals surface area contributed by atoms with Crippen molar-refractivity contribution in [2.75, 3.05) is 5.32 Å². The van der Waals surface area contributed by atoms with Crippen molar-refractivity contribution in [3.8, 4) is 0 Å². The molecule has 1 fully saturated rings. The number of carbonyl (C=O) groups is 1. The number of anilines is 1. The highest BCUT2D eigenvalue weighted by molar-refractivity contribution is 6.36. The molecule has 0 spiro atoms. The first kappa shape index (κ1) is 20.1. The van der Waals surface area contributed by atoms with E-state index in [9.17, 15) is 18.0 Å². The number of halogens is 4. The van der Waals surface area contributed by atoms with E-state index in [2.05, 4.69) is 15.7 Å². The molecule has 0 radical (unpaired) electrons. The van der Waals surface area contributed by atoms with Crippen molar-refractivity contribution in [1.82, 2.24) is 15.1 Å². The van der Waals surface area contributed by atoms with Crippen molar-refractivity contribution in [3.63, 3.8) is 0 Å². The smallest absolute Gasteiger partial charge is 0.362 e. The fraction of sp³-hybridized carbons (Fsp3) is 0.500. The van der Waals surface area contributed by atoms with E-state index in [0.717, 1.165) is 41.5 Å². The molecule has 0 saturated heterocycles. The molecule has 1 saturated carbocycles. The lowest BCUT2D eigenvalue weighted by atomic mass is 9.96. The number of hydrogen-bond donors (Lipinski definition) is 2. The summed E-state index contributed by atoms with van der Waals surface area (Å²) in [6.45, 7) is 1.91. The molecule has 1 amide bonds. The predicted octanol–water partition coefficient (Wildman–Crippen LogP) is 5.18. The van der Waals surface area contributed by atoms with E-state index >= 15 is 0 Å². The fourth-order valence-electron chi connectivity index (χ4n) is 4.08. The molecule has 0 unspecified atom stereocenters. The van der Waals surface area contributed by atoms with Gasteiger partial charge in [0.1, 0.15) is 10.8 Å². The molecule has 2 atom stereocenters. The van der Waals surface area contributed by atoms with E-state index in [1.807, 2.05) is 19.1 Å². The Labute approximate surface area is 171 Å². The quantitative estimate of drug-likeness (QED) is 0.711. The fourth-order valence-corrected chi connectivity index (χ4v) is 4.34. The monoisotopic (exact) mass is 426 g/mol. The van der Waals surface area contributed by atoms with Gasteiger partial charge in [-0.15, -0.1) is 0 Å². The van der Waals surface area contributed by atoms with Crippen LogP contribution in [0.25, 0.3) is 0 Å². The lowest BCUT2D eigenvalue weighted by Crippen LogP contribution is -2.36. The summed E-state index contributed by atoms with van der Waals surface area (Å²) in [5.74, 6) is -0.499. The number of benzene rings is 1. The van der Waals surface area contributed by atoms with Crippen LogP contribution in [0.5, 0.6) is 0 Å². The lowest BCUT2D eigenvalue weighted by molar-refractivity contribution is -0.173. The van der Waals surface area contributed by atoms with Gasteiger partial charge in [-0.3, -0.25) is 4.79 Å². The highest BCUT2D eigenvalue weighted by Gasteiger charge is 2.48. The van der Waals surface area contributed by atoms with Crippen LogP contribution in [0.1, 0.15) is 65.8 Å². The molecule has 2 aliphatic rings. The second kappa shape index (κ2) is 7.55. The second-order valence-corrected chi connectivity index (χ2v) is 8.19. The number of nitrogens with zero attached hydrogens (tertiary/aromatic N) is 2. The number of amides is 1. The normalized spacial score (nSPS) is 22.2. The molecule has 9 heteroatoms. The minimum atomic E-state index is -4.52. The summed E-state index contributed by atoms with van der Waals surface area (Å²) in [6.07, 6.45) is -0.996. The molecule has 1 aliphatic carbocycles. The number of alkyl halides is 3. The van der Waals surface area contributed by atoms with Crippen LogP contribution in [0.4, 0.5) is 19.0 Å². The van der Waals surface area contributed by atoms with Gasteiger partial charge in [0.2, 0.25) is 0 Å². The van der Waals surface area contributed by atoms with E-state index in [-0.39, 0.29) is 29.0 Å². The van der Waals surface area contributed by atoms with Gasteiger partial charge in [-0.25, -0.2) is 4.68 Å². The van der Waals surface area contributed by atoms with Gasteiger partial charge in [0, 0.05) is 12.5 Å². The minimum absolute atomic E-state index is 0.0176. The van der Waals surface area contributed by atoms with E-state index in [4.69, 9.17) is 11.6 Å². The second-order valence-electron chi connectivity index (χ2n) is 7.81. The maximum Gasteiger partial charge on any atom is 0.410 e. The summed E-state index contributed by atoms with van der Waals surface area (Å²) in [4.78, 5) is 12.6. The van der Waals surface area contributed by atoms with Crippen molar-refractivity contribution in [3.05, 3.63) is 46.1 Å². The van der Waals surface area contributed by atoms with Gasteiger partial charge in [0.05, 0.1) is 6.04 Å². The van der Waals surface area contributed by atoms with Crippen molar-refractivity contribution in [1.29, 1.82) is 0 Å². The molecule has 156 valence electrons. The van der Waals surface area contributed by atoms with Gasteiger partial charge < -0.3 is 10.6 Å². The van der Waals surface area contributed by atoms with Crippen LogP contribution in [0.2, 0.25) is 5.02 Å². The lowest BCUT2D eigenvalue weighted by Gasteiger charge is -2.33. The average Bonchev–Trinajstić information content (AvgIpc) is 3.29. The molecule has 2 N–H and O–H groups in total. The summed E-state index contributed by atoms with van der Waals surface area (Å²) < 4.78 is 42.2. The molecule has 2 heterocycles. The minimum Gasteiger partial charge on any atom is -0.362 e. The Morgan fingerprint density at radius 3 is 2.52 bits per heavy atom. The van der Waals surface area contributed by atoms with Crippen LogP contribution < -0.4 is 10.6 Å². The molecular formula is C20H22ClF3N4O. The Bertz CT molecular complexity index is 904. The van der Waals surface area contributed by atoms with Crippen LogP contribution in [0.3, 0.4) is 0 Å². The summed E-state index contributed by atoms with van der Waals surface area (Å²) in [5, 5.41) is 9.80. The largest absolute Gasteiger partial charge is 0.410 e. The first-order chi connectivity index (χ1) is 13.7. The van der Waals surface area contributed by atoms with E-state index in [0.29, 0.717) is 0 Å². The molecule has 1 aromatic heterocycles. The Kier molecular flexibility index (Phi) is 5.23. The number of aryl methyl sites for hydroxylation is 1. The Balaban J connectivity index is 1.68. The molecule has 29 heavy (non-hydrogen) atoms. The third-order valence-corrected chi connectivity index (χ3v) is 6.04. The maximum absolute atomic E-state index is 13.8. The third-order valence-electron chi connectivity index (χ3n) is 5.68. The van der Waals surface area contributed by atoms with Crippen LogP contribution in [0, 0.1) is 6.92 Å². The van der Waals surface area contributed by atoms with Crippen molar-refractivity contribution >= 4 is 23.3 Å². The molecule has 2 aromatic rings. The third kappa shape index (κ3) is 3.95. The molecule has 0 bridgehead atoms. The van der Waals surface area contributed by atoms with Crippen LogP contribution >= 0.6 is 11.6 Å². The predicted molar refractivity (Wildman–Crippen MR) is 104 cm³/mol. The highest BCUT2D eigenvalue weighted by Crippen LogP contribution is 2.46. The molecule has 5 nitrogen and oxygen atoms in total. The SMILES string of the molecule is Cc1ccc([C@H]2C[C@@H](C(F)(F)F)n3nc(C(=O)NC4CCCC4)c(Cl)c3N2)cc1. The zero-order valence-corrected chi connectivity index (χ0v) is 16.6. The first-order valence-electron chi connectivity index (χ1n) is 9.72. The first-order valence-corrected chi connectivity index (χ1v) is 10.1. The molecule has 1 aliphatic heterocycles. The number of hydrogen-bond acceptors (Lipinski definition) is 3. The molecule has 4 rings (SSSR count). The Morgan fingerprint density at radius 2 is 1.90 bits per heavy atom. The van der Waals surface area contributed by atoms with Crippen LogP contribution in [-0.2, 0) is 0 Å². The van der Waals surface area contributed by atoms with Gasteiger partial charge in [0.15, 0.2) is 11.7 Å². The van der Waals surface area contributed by atoms with Crippen LogP contribution in [0.15, 0.2) is 24.3 Å². The Hall–Kier alpha value is -2.22. The van der Waals surface area contributed by atoms with Crippen molar-refractivity contribution in [2.45, 2.75) is 63.3 Å². The molecule has 1 aromatic carbocycles. The van der Waals surface area contributed by atoms with Gasteiger partial charge >= 0.3 is 6.18 Å². The van der Waals surface area contributed by atoms with Crippen LogP contribution in [-0.4, -0.2) is 27.9 Å². The number of fused-ring (bicyclic) bond motifs is 1. The summed E-state index contributed by atoms with van der Waals surface area (Å²) >= 11 is 6.34. The summed E-state index contributed by atoms with van der Waals surface area (Å²) in [7, 11) is 0. The number of rotatable bonds is 3. The number of nitrogens with one attached hydrogen (secondary N) is 2. The van der Waals surface area contributed by atoms with E-state index < -0.39 is 24.2 Å². The molecular weight excluding hydrogens is 405 g/mol. The topological polar surface area (TPSA) is 59.0 Å². The summed E-state index contributed by atoms with van der Waals surface area (Å²) in [6, 6.07) is 4.87. The maximum atomic E-state index is 13.8. The zero-order chi connectivity index (χ0) is 20.8. The average molecular weight is 427 g/mol. The van der Waals surface area contributed by atoms with E-state index in [1.54, 1.807) is 12.1 Å². The van der Waals surface area contributed by atoms with E-state index in [1.165, 1.54) is 0 Å². The van der Waals surface area contributed by atoms with Gasteiger partial charge in [-0.05, 0) is 25.3 Å². The Morgan fingerprint density at radius 1 is 1.24 bits per heavy atom. The van der Waals surface area contributed by atoms with Crippen molar-refractivity contribution < 1.29 is 18.0 Å². The summed E-state index contributed by atoms with van der Waals surface area (Å²) in [5.41, 5.74) is 1.58. The zero-order valence-electron chi connectivity index (χ0n) is 15.9. The number of aromatic nitrogens is 2. The highest BCUT2D eigenvalue weighted by atomic mass is 35.5.